The van der Waals surface area contributed by atoms with E-state index < -0.39 is 24.7 Å². The Kier molecular flexibility index (Phi) is 4.29. The van der Waals surface area contributed by atoms with Crippen LogP contribution in [0.1, 0.15) is 30.9 Å². The van der Waals surface area contributed by atoms with E-state index in [1.165, 1.54) is 12.8 Å². The Morgan fingerprint density at radius 2 is 1.92 bits per heavy atom. The minimum atomic E-state index is -4.35. The van der Waals surface area contributed by atoms with Crippen LogP contribution in [0.15, 0.2) is 12.1 Å². The number of alkyl halides is 3. The van der Waals surface area contributed by atoms with Crippen LogP contribution in [0.25, 0.3) is 0 Å². The summed E-state index contributed by atoms with van der Waals surface area (Å²) in [5.74, 6) is 0.965. The Labute approximate surface area is 150 Å². The molecule has 1 aromatic heterocycles. The maximum atomic E-state index is 12.5. The molecule has 1 atom stereocenters. The van der Waals surface area contributed by atoms with Crippen molar-refractivity contribution in [3.05, 3.63) is 17.8 Å². The third kappa shape index (κ3) is 3.49. The fraction of sp³-hybridized carbons (Fsp3) is 0.706. The van der Waals surface area contributed by atoms with Gasteiger partial charge < -0.3 is 9.80 Å². The third-order valence-corrected chi connectivity index (χ3v) is 5.56. The minimum Gasteiger partial charge on any atom is -0.352 e. The first-order chi connectivity index (χ1) is 12.3. The van der Waals surface area contributed by atoms with Crippen LogP contribution >= 0.6 is 0 Å². The van der Waals surface area contributed by atoms with Crippen LogP contribution in [0.3, 0.4) is 0 Å². The average Bonchev–Trinajstić information content (AvgIpc) is 3.31. The molecule has 142 valence electrons. The van der Waals surface area contributed by atoms with Gasteiger partial charge in [0.15, 0.2) is 5.82 Å². The van der Waals surface area contributed by atoms with E-state index in [9.17, 15) is 18.0 Å². The largest absolute Gasteiger partial charge is 0.406 e. The Morgan fingerprint density at radius 3 is 2.50 bits per heavy atom. The van der Waals surface area contributed by atoms with Crippen molar-refractivity contribution in [2.24, 2.45) is 0 Å². The summed E-state index contributed by atoms with van der Waals surface area (Å²) in [5, 5.41) is 8.55. The van der Waals surface area contributed by atoms with Crippen LogP contribution < -0.4 is 4.90 Å². The van der Waals surface area contributed by atoms with Crippen molar-refractivity contribution >= 4 is 11.7 Å². The molecule has 1 unspecified atom stereocenters. The average molecular weight is 369 g/mol. The highest BCUT2D eigenvalue weighted by Gasteiger charge is 2.44. The van der Waals surface area contributed by atoms with Crippen molar-refractivity contribution < 1.29 is 18.0 Å². The number of nitrogens with zero attached hydrogens (tertiary/aromatic N) is 5. The molecule has 1 aromatic rings. The van der Waals surface area contributed by atoms with Gasteiger partial charge in [-0.1, -0.05) is 0 Å². The van der Waals surface area contributed by atoms with E-state index in [2.05, 4.69) is 15.1 Å². The van der Waals surface area contributed by atoms with E-state index in [1.807, 2.05) is 24.1 Å². The molecule has 0 radical (unpaired) electrons. The van der Waals surface area contributed by atoms with E-state index in [4.69, 9.17) is 0 Å². The maximum Gasteiger partial charge on any atom is 0.406 e. The summed E-state index contributed by atoms with van der Waals surface area (Å²) in [4.78, 5) is 17.2. The lowest BCUT2D eigenvalue weighted by molar-refractivity contribution is -0.159. The summed E-state index contributed by atoms with van der Waals surface area (Å²) >= 11 is 0. The van der Waals surface area contributed by atoms with Crippen molar-refractivity contribution in [3.63, 3.8) is 0 Å². The molecule has 1 aliphatic carbocycles. The number of rotatable bonds is 5. The molecule has 0 spiro atoms. The zero-order valence-corrected chi connectivity index (χ0v) is 14.6. The Bertz CT molecular complexity index is 670. The van der Waals surface area contributed by atoms with Crippen molar-refractivity contribution in [3.8, 4) is 0 Å². The van der Waals surface area contributed by atoms with Crippen molar-refractivity contribution in [2.45, 2.75) is 43.4 Å². The zero-order valence-electron chi connectivity index (χ0n) is 14.6. The van der Waals surface area contributed by atoms with E-state index in [1.54, 1.807) is 0 Å². The van der Waals surface area contributed by atoms with Gasteiger partial charge in [-0.25, -0.2) is 0 Å². The quantitative estimate of drug-likeness (QED) is 0.790. The van der Waals surface area contributed by atoms with Crippen molar-refractivity contribution in [1.29, 1.82) is 0 Å². The molecule has 0 bridgehead atoms. The molecule has 3 aliphatic rings. The summed E-state index contributed by atoms with van der Waals surface area (Å²) in [5.41, 5.74) is 1.05. The second-order valence-corrected chi connectivity index (χ2v) is 7.49. The normalized spacial score (nSPS) is 24.5. The second kappa shape index (κ2) is 6.37. The number of halogens is 3. The molecule has 6 nitrogen and oxygen atoms in total. The van der Waals surface area contributed by atoms with Gasteiger partial charge in [0.25, 0.3) is 0 Å². The van der Waals surface area contributed by atoms with Gasteiger partial charge in [0.05, 0.1) is 11.7 Å². The summed E-state index contributed by atoms with van der Waals surface area (Å²) in [6.45, 7) is 0.418. The lowest BCUT2D eigenvalue weighted by Gasteiger charge is -2.46. The lowest BCUT2D eigenvalue weighted by Crippen LogP contribution is -2.62. The molecule has 9 heteroatoms. The molecule has 2 saturated heterocycles. The van der Waals surface area contributed by atoms with Gasteiger partial charge in [0.2, 0.25) is 5.91 Å². The second-order valence-electron chi connectivity index (χ2n) is 7.49. The minimum absolute atomic E-state index is 0.139. The highest BCUT2D eigenvalue weighted by atomic mass is 19.4. The number of carbonyl (C=O) groups is 1. The third-order valence-electron chi connectivity index (χ3n) is 5.56. The SMILES string of the molecule is CN(C1CN(c2ccc(C3CC3)nn2)C1)C1CCN(CC(F)(F)F)C1=O. The molecular formula is C17H22F3N5O. The zero-order chi connectivity index (χ0) is 18.5. The van der Waals surface area contributed by atoms with E-state index in [0.717, 1.165) is 16.4 Å². The van der Waals surface area contributed by atoms with Crippen molar-refractivity contribution in [1.82, 2.24) is 20.0 Å². The van der Waals surface area contributed by atoms with Crippen LogP contribution in [0.4, 0.5) is 19.0 Å². The van der Waals surface area contributed by atoms with E-state index in [0.29, 0.717) is 25.4 Å². The van der Waals surface area contributed by atoms with Gasteiger partial charge in [-0.2, -0.15) is 18.3 Å². The van der Waals surface area contributed by atoms with Crippen LogP contribution in [0.5, 0.6) is 0 Å². The van der Waals surface area contributed by atoms with Gasteiger partial charge in [0.1, 0.15) is 6.54 Å². The molecule has 0 aromatic carbocycles. The Morgan fingerprint density at radius 1 is 1.19 bits per heavy atom. The molecule has 4 rings (SSSR count). The van der Waals surface area contributed by atoms with E-state index in [-0.39, 0.29) is 12.6 Å². The topological polar surface area (TPSA) is 52.6 Å². The highest BCUT2D eigenvalue weighted by molar-refractivity contribution is 5.84. The molecular weight excluding hydrogens is 347 g/mol. The number of anilines is 1. The predicted molar refractivity (Wildman–Crippen MR) is 88.8 cm³/mol. The Balaban J connectivity index is 1.30. The molecule has 3 heterocycles. The number of amides is 1. The highest BCUT2D eigenvalue weighted by Crippen LogP contribution is 2.39. The predicted octanol–water partition coefficient (Wildman–Crippen LogP) is 1.64. The fourth-order valence-electron chi connectivity index (χ4n) is 3.73. The molecule has 1 saturated carbocycles. The number of hydrogen-bond acceptors (Lipinski definition) is 5. The van der Waals surface area contributed by atoms with Gasteiger partial charge in [-0.15, -0.1) is 5.10 Å². The number of likely N-dealkylation sites (tertiary alicyclic amines) is 1. The first kappa shape index (κ1) is 17.5. The lowest BCUT2D eigenvalue weighted by atomic mass is 10.0. The standard InChI is InChI=1S/C17H22F3N5O/c1-23(14-6-7-24(16(14)26)10-17(18,19)20)12-8-25(9-12)15-5-4-13(21-22-15)11-2-3-11/h4-5,11-12,14H,2-3,6-10H2,1H3. The molecule has 0 N–H and O–H groups in total. The van der Waals surface area contributed by atoms with Crippen molar-refractivity contribution in [2.75, 3.05) is 38.1 Å². The first-order valence-electron chi connectivity index (χ1n) is 8.98. The maximum absolute atomic E-state index is 12.5. The summed E-state index contributed by atoms with van der Waals surface area (Å²) < 4.78 is 37.6. The van der Waals surface area contributed by atoms with Gasteiger partial charge in [-0.05, 0) is 38.4 Å². The van der Waals surface area contributed by atoms with Crippen LogP contribution in [0, 0.1) is 0 Å². The van der Waals surface area contributed by atoms with Gasteiger partial charge in [0, 0.05) is 31.6 Å². The number of hydrogen-bond donors (Lipinski definition) is 0. The molecule has 26 heavy (non-hydrogen) atoms. The summed E-state index contributed by atoms with van der Waals surface area (Å²) in [6, 6.07) is 3.67. The van der Waals surface area contributed by atoms with Gasteiger partial charge in [-0.3, -0.25) is 9.69 Å². The summed E-state index contributed by atoms with van der Waals surface area (Å²) in [6.07, 6.45) is -1.53. The summed E-state index contributed by atoms with van der Waals surface area (Å²) in [7, 11) is 1.82. The number of carbonyl (C=O) groups excluding carboxylic acids is 1. The Hall–Kier alpha value is -1.90. The van der Waals surface area contributed by atoms with Crippen LogP contribution in [-0.4, -0.2) is 77.4 Å². The van der Waals surface area contributed by atoms with Crippen LogP contribution in [0.2, 0.25) is 0 Å². The molecule has 2 aliphatic heterocycles. The fourth-order valence-corrected chi connectivity index (χ4v) is 3.73. The molecule has 1 amide bonds. The van der Waals surface area contributed by atoms with E-state index >= 15 is 0 Å². The number of likely N-dealkylation sites (N-methyl/N-ethyl adjacent to an activating group) is 1. The monoisotopic (exact) mass is 369 g/mol. The first-order valence-corrected chi connectivity index (χ1v) is 8.98. The molecule has 3 fully saturated rings. The smallest absolute Gasteiger partial charge is 0.352 e. The van der Waals surface area contributed by atoms with Crippen LogP contribution in [-0.2, 0) is 4.79 Å². The van der Waals surface area contributed by atoms with Gasteiger partial charge >= 0.3 is 6.18 Å². The number of aromatic nitrogens is 2.